The zero-order valence-electron chi connectivity index (χ0n) is 9.36. The summed E-state index contributed by atoms with van der Waals surface area (Å²) in [6, 6.07) is -0.396. The van der Waals surface area contributed by atoms with E-state index in [9.17, 15) is 13.2 Å². The third-order valence-electron chi connectivity index (χ3n) is 1.30. The minimum Gasteiger partial charge on any atom is -0.321 e. The summed E-state index contributed by atoms with van der Waals surface area (Å²) in [6.07, 6.45) is 0.471. The number of carbonyl (C=O) groups excluding carboxylic acids is 1. The van der Waals surface area contributed by atoms with Crippen molar-refractivity contribution in [3.63, 3.8) is 0 Å². The van der Waals surface area contributed by atoms with E-state index in [1.165, 1.54) is 0 Å². The maximum atomic E-state index is 10.6. The van der Waals surface area contributed by atoms with Crippen LogP contribution in [0.25, 0.3) is 0 Å². The van der Waals surface area contributed by atoms with Crippen LogP contribution in [-0.4, -0.2) is 30.5 Å². The second kappa shape index (κ2) is 7.56. The molecule has 0 radical (unpaired) electrons. The first kappa shape index (κ1) is 16.7. The average molecular weight is 237 g/mol. The molecule has 0 saturated heterocycles. The lowest BCUT2D eigenvalue weighted by molar-refractivity contribution is -0.116. The Morgan fingerprint density at radius 2 is 1.93 bits per heavy atom. The van der Waals surface area contributed by atoms with Crippen molar-refractivity contribution in [1.82, 2.24) is 0 Å². The Kier molecular flexibility index (Phi) is 8.41. The van der Waals surface area contributed by atoms with Crippen molar-refractivity contribution in [3.05, 3.63) is 12.2 Å². The zero-order valence-corrected chi connectivity index (χ0v) is 10.2. The molecule has 0 amide bonds. The number of carbonyl (C=O) groups is 1. The lowest BCUT2D eigenvalue weighted by Crippen LogP contribution is -2.26. The molecule has 1 unspecified atom stereocenters. The molecule has 1 atom stereocenters. The molecule has 0 bridgehead atoms. The van der Waals surface area contributed by atoms with Crippen LogP contribution in [0.1, 0.15) is 27.2 Å². The van der Waals surface area contributed by atoms with E-state index < -0.39 is 16.2 Å². The molecule has 0 aliphatic carbocycles. The van der Waals surface area contributed by atoms with Crippen LogP contribution in [0.3, 0.4) is 0 Å². The zero-order chi connectivity index (χ0) is 12.6. The first-order valence-electron chi connectivity index (χ1n) is 4.52. The molecule has 0 saturated carbocycles. The fourth-order valence-electron chi connectivity index (χ4n) is 0.647. The Morgan fingerprint density at radius 3 is 1.93 bits per heavy atom. The third kappa shape index (κ3) is 13.3. The SMILES string of the molecule is C=C(C)C(=O)C(C)N.CCCS(=O)(=O)O. The van der Waals surface area contributed by atoms with Gasteiger partial charge in [0.1, 0.15) is 0 Å². The van der Waals surface area contributed by atoms with Gasteiger partial charge in [-0.25, -0.2) is 0 Å². The summed E-state index contributed by atoms with van der Waals surface area (Å²) in [5.74, 6) is -0.197. The van der Waals surface area contributed by atoms with Gasteiger partial charge in [-0.15, -0.1) is 0 Å². The van der Waals surface area contributed by atoms with E-state index in [4.69, 9.17) is 10.3 Å². The second-order valence-corrected chi connectivity index (χ2v) is 4.79. The Labute approximate surface area is 91.1 Å². The molecular weight excluding hydrogens is 218 g/mol. The molecule has 6 heteroatoms. The molecule has 0 aromatic carbocycles. The van der Waals surface area contributed by atoms with E-state index >= 15 is 0 Å². The summed E-state index contributed by atoms with van der Waals surface area (Å²) in [5.41, 5.74) is 5.75. The standard InChI is InChI=1S/C6H11NO.C3H8O3S/c1-4(2)6(8)5(3)7;1-2-3-7(4,5)6/h5H,1,7H2,2-3H3;2-3H2,1H3,(H,4,5,6). The van der Waals surface area contributed by atoms with E-state index in [1.807, 2.05) is 0 Å². The Balaban J connectivity index is 0. The highest BCUT2D eigenvalue weighted by Gasteiger charge is 2.05. The highest BCUT2D eigenvalue weighted by molar-refractivity contribution is 7.85. The molecule has 0 rings (SSSR count). The fourth-order valence-corrected chi connectivity index (χ4v) is 1.16. The van der Waals surface area contributed by atoms with Gasteiger partial charge < -0.3 is 5.73 Å². The summed E-state index contributed by atoms with van der Waals surface area (Å²) in [4.78, 5) is 10.6. The summed E-state index contributed by atoms with van der Waals surface area (Å²) in [6.45, 7) is 8.44. The molecule has 0 heterocycles. The quantitative estimate of drug-likeness (QED) is 0.555. The largest absolute Gasteiger partial charge is 0.321 e. The third-order valence-corrected chi connectivity index (χ3v) is 2.22. The topological polar surface area (TPSA) is 97.5 Å². The van der Waals surface area contributed by atoms with Crippen LogP contribution >= 0.6 is 0 Å². The number of rotatable bonds is 4. The van der Waals surface area contributed by atoms with Crippen molar-refractivity contribution >= 4 is 15.9 Å². The Bertz CT molecular complexity index is 306. The highest BCUT2D eigenvalue weighted by Crippen LogP contribution is 1.91. The minimum absolute atomic E-state index is 0.0648. The number of hydrogen-bond donors (Lipinski definition) is 2. The molecule has 0 fully saturated rings. The minimum atomic E-state index is -3.67. The van der Waals surface area contributed by atoms with Gasteiger partial charge in [0, 0.05) is 0 Å². The van der Waals surface area contributed by atoms with Gasteiger partial charge in [0.15, 0.2) is 5.78 Å². The van der Waals surface area contributed by atoms with Crippen LogP contribution in [0.5, 0.6) is 0 Å². The van der Waals surface area contributed by atoms with Gasteiger partial charge in [-0.05, 0) is 25.8 Å². The summed E-state index contributed by atoms with van der Waals surface area (Å²) >= 11 is 0. The molecular formula is C9H19NO4S. The maximum Gasteiger partial charge on any atom is 0.264 e. The van der Waals surface area contributed by atoms with Crippen molar-refractivity contribution in [2.75, 3.05) is 5.75 Å². The molecule has 0 aliphatic heterocycles. The molecule has 0 spiro atoms. The van der Waals surface area contributed by atoms with Gasteiger partial charge in [0.05, 0.1) is 11.8 Å². The Morgan fingerprint density at radius 1 is 1.53 bits per heavy atom. The van der Waals surface area contributed by atoms with Crippen LogP contribution < -0.4 is 5.73 Å². The smallest absolute Gasteiger partial charge is 0.264 e. The number of Topliss-reactive ketones (excluding diaryl/α,β-unsaturated/α-hetero) is 1. The van der Waals surface area contributed by atoms with E-state index in [0.717, 1.165) is 0 Å². The normalized spacial score (nSPS) is 12.3. The molecule has 90 valence electrons. The van der Waals surface area contributed by atoms with Gasteiger partial charge in [-0.2, -0.15) is 8.42 Å². The van der Waals surface area contributed by atoms with Crippen molar-refractivity contribution in [3.8, 4) is 0 Å². The van der Waals surface area contributed by atoms with Crippen molar-refractivity contribution in [1.29, 1.82) is 0 Å². The van der Waals surface area contributed by atoms with Gasteiger partial charge in [-0.3, -0.25) is 9.35 Å². The predicted molar refractivity (Wildman–Crippen MR) is 60.2 cm³/mol. The number of nitrogens with two attached hydrogens (primary N) is 1. The van der Waals surface area contributed by atoms with E-state index in [0.29, 0.717) is 12.0 Å². The van der Waals surface area contributed by atoms with E-state index in [1.54, 1.807) is 20.8 Å². The number of hydrogen-bond acceptors (Lipinski definition) is 4. The van der Waals surface area contributed by atoms with Gasteiger partial charge in [0.25, 0.3) is 10.1 Å². The first-order valence-corrected chi connectivity index (χ1v) is 6.13. The van der Waals surface area contributed by atoms with Crippen molar-refractivity contribution < 1.29 is 17.8 Å². The first-order chi connectivity index (χ1) is 6.61. The lowest BCUT2D eigenvalue weighted by Gasteiger charge is -2.00. The average Bonchev–Trinajstić information content (AvgIpc) is 2.01. The molecule has 0 aromatic heterocycles. The van der Waals surface area contributed by atoms with Crippen LogP contribution in [0.2, 0.25) is 0 Å². The van der Waals surface area contributed by atoms with Gasteiger partial charge >= 0.3 is 0 Å². The van der Waals surface area contributed by atoms with Crippen LogP contribution in [0.15, 0.2) is 12.2 Å². The molecule has 15 heavy (non-hydrogen) atoms. The summed E-state index contributed by atoms with van der Waals surface area (Å²) in [7, 11) is -3.67. The fraction of sp³-hybridized carbons (Fsp3) is 0.667. The number of ketones is 1. The molecule has 0 aromatic rings. The van der Waals surface area contributed by atoms with Crippen molar-refractivity contribution in [2.45, 2.75) is 33.2 Å². The molecule has 0 aliphatic rings. The van der Waals surface area contributed by atoms with E-state index in [2.05, 4.69) is 6.58 Å². The van der Waals surface area contributed by atoms with Crippen molar-refractivity contribution in [2.24, 2.45) is 5.73 Å². The Hall–Kier alpha value is -0.720. The van der Waals surface area contributed by atoms with E-state index in [-0.39, 0.29) is 11.5 Å². The van der Waals surface area contributed by atoms with Gasteiger partial charge in [-0.1, -0.05) is 13.5 Å². The lowest BCUT2D eigenvalue weighted by atomic mass is 10.1. The van der Waals surface area contributed by atoms with Crippen LogP contribution in [-0.2, 0) is 14.9 Å². The second-order valence-electron chi connectivity index (χ2n) is 3.22. The summed E-state index contributed by atoms with van der Waals surface area (Å²) < 4.78 is 27.6. The van der Waals surface area contributed by atoms with Gasteiger partial charge in [0.2, 0.25) is 0 Å². The highest BCUT2D eigenvalue weighted by atomic mass is 32.2. The maximum absolute atomic E-state index is 10.6. The monoisotopic (exact) mass is 237 g/mol. The molecule has 5 nitrogen and oxygen atoms in total. The van der Waals surface area contributed by atoms with Crippen LogP contribution in [0, 0.1) is 0 Å². The predicted octanol–water partition coefficient (Wildman–Crippen LogP) is 0.763. The summed E-state index contributed by atoms with van der Waals surface area (Å²) in [5, 5.41) is 0. The molecule has 3 N–H and O–H groups in total. The van der Waals surface area contributed by atoms with Crippen LogP contribution in [0.4, 0.5) is 0 Å².